The van der Waals surface area contributed by atoms with Crippen LogP contribution in [-0.4, -0.2) is 11.7 Å². The third-order valence-electron chi connectivity index (χ3n) is 2.86. The maximum atomic E-state index is 10.1. The molecular formula is C9H13NO2. The van der Waals surface area contributed by atoms with Crippen molar-refractivity contribution < 1.29 is 9.52 Å². The molecule has 0 saturated heterocycles. The molecule has 12 heavy (non-hydrogen) atoms. The summed E-state index contributed by atoms with van der Waals surface area (Å²) in [5, 5.41) is 10.1. The van der Waals surface area contributed by atoms with Gasteiger partial charge in [-0.2, -0.15) is 0 Å². The number of aliphatic hydroxyl groups is 1. The average molecular weight is 167 g/mol. The Morgan fingerprint density at radius 2 is 2.50 bits per heavy atom. The molecule has 1 aromatic heterocycles. The van der Waals surface area contributed by atoms with E-state index in [1.54, 1.807) is 12.5 Å². The normalized spacial score (nSPS) is 33.8. The van der Waals surface area contributed by atoms with E-state index in [1.165, 1.54) is 0 Å². The first kappa shape index (κ1) is 7.83. The lowest BCUT2D eigenvalue weighted by Crippen LogP contribution is -2.37. The fourth-order valence-corrected chi connectivity index (χ4v) is 1.94. The van der Waals surface area contributed by atoms with Gasteiger partial charge in [0.1, 0.15) is 5.60 Å². The topological polar surface area (TPSA) is 59.4 Å². The number of fused-ring (bicyclic) bond motifs is 1. The maximum Gasteiger partial charge on any atom is 0.108 e. The van der Waals surface area contributed by atoms with E-state index in [2.05, 4.69) is 0 Å². The van der Waals surface area contributed by atoms with Crippen LogP contribution in [0.4, 0.5) is 0 Å². The molecule has 0 saturated carbocycles. The summed E-state index contributed by atoms with van der Waals surface area (Å²) < 4.78 is 5.02. The average Bonchev–Trinajstić information content (AvgIpc) is 2.57. The summed E-state index contributed by atoms with van der Waals surface area (Å²) in [6.45, 7) is 2.27. The van der Waals surface area contributed by atoms with E-state index in [4.69, 9.17) is 10.2 Å². The number of hydrogen-bond acceptors (Lipinski definition) is 3. The second-order valence-electron chi connectivity index (χ2n) is 3.54. The molecule has 0 spiro atoms. The minimum Gasteiger partial charge on any atom is -0.472 e. The van der Waals surface area contributed by atoms with Crippen LogP contribution in [0.2, 0.25) is 0 Å². The van der Waals surface area contributed by atoms with Gasteiger partial charge in [0.25, 0.3) is 0 Å². The summed E-state index contributed by atoms with van der Waals surface area (Å²) in [5.74, 6) is 0.198. The molecule has 0 fully saturated rings. The van der Waals surface area contributed by atoms with Gasteiger partial charge in [0, 0.05) is 12.1 Å². The Bertz CT molecular complexity index is 294. The van der Waals surface area contributed by atoms with Crippen LogP contribution in [0.1, 0.15) is 18.1 Å². The van der Waals surface area contributed by atoms with Crippen molar-refractivity contribution in [3.8, 4) is 0 Å². The van der Waals surface area contributed by atoms with Gasteiger partial charge in [-0.15, -0.1) is 0 Å². The maximum absolute atomic E-state index is 10.1. The monoisotopic (exact) mass is 167 g/mol. The molecule has 1 aliphatic rings. The molecule has 1 heterocycles. The van der Waals surface area contributed by atoms with E-state index < -0.39 is 5.60 Å². The lowest BCUT2D eigenvalue weighted by Gasteiger charge is -2.25. The van der Waals surface area contributed by atoms with Gasteiger partial charge in [0.2, 0.25) is 0 Å². The largest absolute Gasteiger partial charge is 0.472 e. The van der Waals surface area contributed by atoms with E-state index in [1.807, 2.05) is 6.92 Å². The third kappa shape index (κ3) is 0.778. The summed E-state index contributed by atoms with van der Waals surface area (Å²) >= 11 is 0. The summed E-state index contributed by atoms with van der Waals surface area (Å²) in [7, 11) is 0. The van der Waals surface area contributed by atoms with Crippen LogP contribution >= 0.6 is 0 Å². The fourth-order valence-electron chi connectivity index (χ4n) is 1.94. The predicted octanol–water partition coefficient (Wildman–Crippen LogP) is 0.618. The molecule has 0 aliphatic heterocycles. The molecule has 0 aromatic carbocycles. The molecule has 0 amide bonds. The van der Waals surface area contributed by atoms with Crippen molar-refractivity contribution >= 4 is 0 Å². The highest BCUT2D eigenvalue weighted by Crippen LogP contribution is 2.40. The Labute approximate surface area is 71.2 Å². The molecule has 2 unspecified atom stereocenters. The van der Waals surface area contributed by atoms with Crippen molar-refractivity contribution in [1.29, 1.82) is 0 Å². The van der Waals surface area contributed by atoms with E-state index in [0.717, 1.165) is 17.5 Å². The number of hydrogen-bond donors (Lipinski definition) is 2. The highest BCUT2D eigenvalue weighted by atomic mass is 16.3. The lowest BCUT2D eigenvalue weighted by atomic mass is 9.90. The highest BCUT2D eigenvalue weighted by molar-refractivity contribution is 5.34. The van der Waals surface area contributed by atoms with Crippen LogP contribution in [0.5, 0.6) is 0 Å². The first-order valence-corrected chi connectivity index (χ1v) is 4.16. The molecule has 0 bridgehead atoms. The van der Waals surface area contributed by atoms with Crippen molar-refractivity contribution in [2.45, 2.75) is 18.9 Å². The van der Waals surface area contributed by atoms with Crippen LogP contribution in [-0.2, 0) is 12.0 Å². The second-order valence-corrected chi connectivity index (χ2v) is 3.54. The van der Waals surface area contributed by atoms with Gasteiger partial charge in [-0.3, -0.25) is 0 Å². The Morgan fingerprint density at radius 3 is 3.17 bits per heavy atom. The van der Waals surface area contributed by atoms with Crippen LogP contribution in [0.3, 0.4) is 0 Å². The molecule has 0 radical (unpaired) electrons. The zero-order valence-electron chi connectivity index (χ0n) is 7.08. The van der Waals surface area contributed by atoms with Crippen LogP contribution in [0.15, 0.2) is 16.9 Å². The van der Waals surface area contributed by atoms with Crippen molar-refractivity contribution in [2.24, 2.45) is 11.7 Å². The minimum absolute atomic E-state index is 0.198. The third-order valence-corrected chi connectivity index (χ3v) is 2.86. The first-order chi connectivity index (χ1) is 5.68. The van der Waals surface area contributed by atoms with E-state index in [0.29, 0.717) is 0 Å². The van der Waals surface area contributed by atoms with Crippen LogP contribution < -0.4 is 5.73 Å². The second kappa shape index (κ2) is 2.34. The summed E-state index contributed by atoms with van der Waals surface area (Å²) in [6.07, 6.45) is 4.16. The van der Waals surface area contributed by atoms with Crippen molar-refractivity contribution in [3.05, 3.63) is 23.7 Å². The summed E-state index contributed by atoms with van der Waals surface area (Å²) in [5.41, 5.74) is 6.65. The minimum atomic E-state index is -0.859. The quantitative estimate of drug-likeness (QED) is 0.644. The summed E-state index contributed by atoms with van der Waals surface area (Å²) in [4.78, 5) is 0. The lowest BCUT2D eigenvalue weighted by molar-refractivity contribution is 0.00371. The molecule has 1 aliphatic carbocycles. The molecule has 66 valence electrons. The van der Waals surface area contributed by atoms with Gasteiger partial charge in [-0.05, 0) is 17.9 Å². The van der Waals surface area contributed by atoms with Gasteiger partial charge in [-0.25, -0.2) is 0 Å². The number of nitrogens with two attached hydrogens (primary N) is 1. The molecule has 1 aromatic rings. The van der Waals surface area contributed by atoms with Gasteiger partial charge in [0.15, 0.2) is 0 Å². The van der Waals surface area contributed by atoms with E-state index in [9.17, 15) is 5.11 Å². The highest BCUT2D eigenvalue weighted by Gasteiger charge is 2.43. The summed E-state index contributed by atoms with van der Waals surface area (Å²) in [6, 6.07) is 0. The van der Waals surface area contributed by atoms with E-state index in [-0.39, 0.29) is 12.5 Å². The molecular weight excluding hydrogens is 154 g/mol. The van der Waals surface area contributed by atoms with Gasteiger partial charge >= 0.3 is 0 Å². The number of rotatable bonds is 1. The standard InChI is InChI=1S/C9H13NO2/c1-6-2-7-3-12-4-8(7)9(6,11)5-10/h3-4,6,11H,2,5,10H2,1H3. The molecule has 3 N–H and O–H groups in total. The van der Waals surface area contributed by atoms with Gasteiger partial charge in [-0.1, -0.05) is 6.92 Å². The van der Waals surface area contributed by atoms with Crippen molar-refractivity contribution in [1.82, 2.24) is 0 Å². The fraction of sp³-hybridized carbons (Fsp3) is 0.556. The number of furan rings is 1. The Kier molecular flexibility index (Phi) is 1.53. The van der Waals surface area contributed by atoms with Crippen molar-refractivity contribution in [3.63, 3.8) is 0 Å². The van der Waals surface area contributed by atoms with Crippen LogP contribution in [0, 0.1) is 5.92 Å². The Balaban J connectivity index is 2.48. The smallest absolute Gasteiger partial charge is 0.108 e. The molecule has 3 nitrogen and oxygen atoms in total. The zero-order valence-corrected chi connectivity index (χ0v) is 7.08. The van der Waals surface area contributed by atoms with E-state index >= 15 is 0 Å². The van der Waals surface area contributed by atoms with Gasteiger partial charge < -0.3 is 15.3 Å². The first-order valence-electron chi connectivity index (χ1n) is 4.16. The SMILES string of the molecule is CC1Cc2cocc2C1(O)CN. The van der Waals surface area contributed by atoms with Crippen molar-refractivity contribution in [2.75, 3.05) is 6.54 Å². The van der Waals surface area contributed by atoms with Gasteiger partial charge in [0.05, 0.1) is 12.5 Å². The predicted molar refractivity (Wildman–Crippen MR) is 44.5 cm³/mol. The molecule has 2 atom stereocenters. The zero-order chi connectivity index (χ0) is 8.77. The molecule has 3 heteroatoms. The molecule has 2 rings (SSSR count). The Hall–Kier alpha value is -0.800. The Morgan fingerprint density at radius 1 is 1.75 bits per heavy atom. The van der Waals surface area contributed by atoms with Crippen LogP contribution in [0.25, 0.3) is 0 Å².